The number of hydrogen-bond donors (Lipinski definition) is 1. The molecular weight excluding hydrogens is 358 g/mol. The van der Waals surface area contributed by atoms with Gasteiger partial charge in [-0.05, 0) is 29.0 Å². The van der Waals surface area contributed by atoms with Crippen LogP contribution in [0.15, 0.2) is 70.9 Å². The molecular formula is C22H19NO5. The summed E-state index contributed by atoms with van der Waals surface area (Å²) in [4.78, 5) is 26.8. The zero-order valence-corrected chi connectivity index (χ0v) is 15.3. The predicted octanol–water partition coefficient (Wildman–Crippen LogP) is 3.50. The summed E-state index contributed by atoms with van der Waals surface area (Å²) in [7, 11) is 1.52. The van der Waals surface area contributed by atoms with E-state index in [1.165, 1.54) is 18.3 Å². The quantitative estimate of drug-likeness (QED) is 0.418. The van der Waals surface area contributed by atoms with Crippen LogP contribution in [0.5, 0.6) is 0 Å². The number of rotatable bonds is 5. The van der Waals surface area contributed by atoms with Gasteiger partial charge in [0.2, 0.25) is 0 Å². The van der Waals surface area contributed by atoms with Gasteiger partial charge >= 0.3 is 0 Å². The molecule has 2 heterocycles. The number of fused-ring (bicyclic) bond motifs is 1. The Labute approximate surface area is 161 Å². The van der Waals surface area contributed by atoms with Crippen LogP contribution in [-0.2, 0) is 14.3 Å². The summed E-state index contributed by atoms with van der Waals surface area (Å²) in [5.74, 6) is -1.22. The number of nitrogens with zero attached hydrogens (tertiary/aromatic N) is 1. The van der Waals surface area contributed by atoms with Crippen LogP contribution < -0.4 is 0 Å². The normalized spacial score (nSPS) is 18.9. The Hall–Kier alpha value is -3.38. The van der Waals surface area contributed by atoms with Gasteiger partial charge in [0.1, 0.15) is 17.6 Å². The van der Waals surface area contributed by atoms with Crippen molar-refractivity contribution in [3.05, 3.63) is 77.8 Å². The smallest absolute Gasteiger partial charge is 0.295 e. The second-order valence-electron chi connectivity index (χ2n) is 6.56. The van der Waals surface area contributed by atoms with Gasteiger partial charge in [0.05, 0.1) is 18.4 Å². The average molecular weight is 377 g/mol. The Bertz CT molecular complexity index is 1070. The van der Waals surface area contributed by atoms with Crippen molar-refractivity contribution in [2.75, 3.05) is 20.3 Å². The third kappa shape index (κ3) is 2.97. The summed E-state index contributed by atoms with van der Waals surface area (Å²) >= 11 is 0. The van der Waals surface area contributed by atoms with Gasteiger partial charge < -0.3 is 19.2 Å². The molecule has 1 atom stereocenters. The number of Topliss-reactive ketones (excluding diaryl/α,β-unsaturated/α-hetero) is 1. The van der Waals surface area contributed by atoms with E-state index in [0.29, 0.717) is 11.3 Å². The van der Waals surface area contributed by atoms with E-state index in [1.54, 1.807) is 24.3 Å². The monoisotopic (exact) mass is 377 g/mol. The first-order valence-electron chi connectivity index (χ1n) is 8.91. The number of furan rings is 1. The van der Waals surface area contributed by atoms with E-state index in [1.807, 2.05) is 30.3 Å². The molecule has 1 N–H and O–H groups in total. The van der Waals surface area contributed by atoms with Gasteiger partial charge in [-0.3, -0.25) is 9.59 Å². The molecule has 1 saturated heterocycles. The fraction of sp³-hybridized carbons (Fsp3) is 0.182. The Morgan fingerprint density at radius 1 is 1.11 bits per heavy atom. The lowest BCUT2D eigenvalue weighted by Crippen LogP contribution is -2.32. The lowest BCUT2D eigenvalue weighted by atomic mass is 9.98. The molecule has 142 valence electrons. The van der Waals surface area contributed by atoms with Crippen LogP contribution in [0, 0.1) is 0 Å². The van der Waals surface area contributed by atoms with Crippen LogP contribution in [0.4, 0.5) is 0 Å². The minimum atomic E-state index is -0.795. The van der Waals surface area contributed by atoms with Crippen LogP contribution in [0.25, 0.3) is 16.5 Å². The van der Waals surface area contributed by atoms with Gasteiger partial charge in [0.25, 0.3) is 11.7 Å². The van der Waals surface area contributed by atoms with E-state index < -0.39 is 17.7 Å². The maximum absolute atomic E-state index is 12.8. The van der Waals surface area contributed by atoms with E-state index in [2.05, 4.69) is 0 Å². The van der Waals surface area contributed by atoms with Gasteiger partial charge in [-0.25, -0.2) is 0 Å². The number of benzene rings is 2. The van der Waals surface area contributed by atoms with Crippen molar-refractivity contribution in [3.8, 4) is 0 Å². The Morgan fingerprint density at radius 3 is 2.61 bits per heavy atom. The topological polar surface area (TPSA) is 80.0 Å². The van der Waals surface area contributed by atoms with E-state index in [0.717, 1.165) is 10.8 Å². The van der Waals surface area contributed by atoms with E-state index in [9.17, 15) is 14.7 Å². The molecule has 1 fully saturated rings. The van der Waals surface area contributed by atoms with Crippen molar-refractivity contribution < 1.29 is 23.8 Å². The van der Waals surface area contributed by atoms with Crippen molar-refractivity contribution in [2.24, 2.45) is 0 Å². The van der Waals surface area contributed by atoms with Gasteiger partial charge in [-0.1, -0.05) is 36.4 Å². The molecule has 3 aromatic rings. The Balaban J connectivity index is 1.85. The fourth-order valence-electron chi connectivity index (χ4n) is 3.54. The standard InChI is InChI=1S/C22H19NO5/c1-27-12-10-23-19(17-7-4-11-28-17)18(21(25)22(23)26)20(24)16-9-8-14-5-2-3-6-15(14)13-16/h2-9,11,13,19,24H,10,12H2,1H3/b20-18-. The SMILES string of the molecule is COCCN1C(=O)C(=O)/C(=C(\O)c2ccc3ccccc3c2)C1c1ccco1. The largest absolute Gasteiger partial charge is 0.507 e. The first-order valence-corrected chi connectivity index (χ1v) is 8.91. The number of hydrogen-bond acceptors (Lipinski definition) is 5. The zero-order valence-electron chi connectivity index (χ0n) is 15.3. The second kappa shape index (κ2) is 7.32. The molecule has 4 rings (SSSR count). The first-order chi connectivity index (χ1) is 13.6. The second-order valence-corrected chi connectivity index (χ2v) is 6.56. The molecule has 0 aliphatic carbocycles. The number of likely N-dealkylation sites (tertiary alicyclic amines) is 1. The molecule has 0 saturated carbocycles. The van der Waals surface area contributed by atoms with Crippen molar-refractivity contribution in [3.63, 3.8) is 0 Å². The van der Waals surface area contributed by atoms with Crippen LogP contribution in [0.2, 0.25) is 0 Å². The molecule has 2 aromatic carbocycles. The Morgan fingerprint density at radius 2 is 1.89 bits per heavy atom. The fourth-order valence-corrected chi connectivity index (χ4v) is 3.54. The highest BCUT2D eigenvalue weighted by molar-refractivity contribution is 6.46. The molecule has 1 unspecified atom stereocenters. The molecule has 0 radical (unpaired) electrons. The summed E-state index contributed by atoms with van der Waals surface area (Å²) in [6, 6.07) is 15.7. The van der Waals surface area contributed by atoms with Crippen molar-refractivity contribution in [1.29, 1.82) is 0 Å². The number of carbonyl (C=O) groups excluding carboxylic acids is 2. The number of aliphatic hydroxyl groups excluding tert-OH is 1. The average Bonchev–Trinajstić information content (AvgIpc) is 3.33. The van der Waals surface area contributed by atoms with Crippen molar-refractivity contribution in [2.45, 2.75) is 6.04 Å². The number of amides is 1. The molecule has 1 aliphatic heterocycles. The van der Waals surface area contributed by atoms with Crippen molar-refractivity contribution in [1.82, 2.24) is 4.90 Å². The molecule has 0 bridgehead atoms. The summed E-state index contributed by atoms with van der Waals surface area (Å²) < 4.78 is 10.5. The molecule has 1 aliphatic rings. The lowest BCUT2D eigenvalue weighted by molar-refractivity contribution is -0.140. The number of carbonyl (C=O) groups is 2. The van der Waals surface area contributed by atoms with Crippen LogP contribution in [0.1, 0.15) is 17.4 Å². The molecule has 1 aromatic heterocycles. The zero-order chi connectivity index (χ0) is 19.7. The van der Waals surface area contributed by atoms with E-state index in [4.69, 9.17) is 9.15 Å². The molecule has 6 heteroatoms. The predicted molar refractivity (Wildman–Crippen MR) is 104 cm³/mol. The highest BCUT2D eigenvalue weighted by Gasteiger charge is 2.47. The lowest BCUT2D eigenvalue weighted by Gasteiger charge is -2.22. The highest BCUT2D eigenvalue weighted by atomic mass is 16.5. The maximum atomic E-state index is 12.8. The van der Waals surface area contributed by atoms with Crippen LogP contribution in [-0.4, -0.2) is 42.0 Å². The third-order valence-electron chi connectivity index (χ3n) is 4.91. The minimum absolute atomic E-state index is 0.0198. The Kier molecular flexibility index (Phi) is 4.71. The van der Waals surface area contributed by atoms with Gasteiger partial charge in [0.15, 0.2) is 0 Å². The van der Waals surface area contributed by atoms with Gasteiger partial charge in [0, 0.05) is 19.2 Å². The number of aliphatic hydroxyl groups is 1. The number of methoxy groups -OCH3 is 1. The van der Waals surface area contributed by atoms with E-state index >= 15 is 0 Å². The summed E-state index contributed by atoms with van der Waals surface area (Å²) in [5.41, 5.74) is 0.492. The summed E-state index contributed by atoms with van der Waals surface area (Å²) in [6.07, 6.45) is 1.47. The van der Waals surface area contributed by atoms with Gasteiger partial charge in [-0.2, -0.15) is 0 Å². The van der Waals surface area contributed by atoms with Crippen LogP contribution in [0.3, 0.4) is 0 Å². The molecule has 6 nitrogen and oxygen atoms in total. The number of ether oxygens (including phenoxy) is 1. The first kappa shape index (κ1) is 18.0. The number of ketones is 1. The summed E-state index contributed by atoms with van der Waals surface area (Å²) in [6.45, 7) is 0.473. The van der Waals surface area contributed by atoms with Gasteiger partial charge in [-0.15, -0.1) is 0 Å². The van der Waals surface area contributed by atoms with Crippen LogP contribution >= 0.6 is 0 Å². The molecule has 1 amide bonds. The highest BCUT2D eigenvalue weighted by Crippen LogP contribution is 2.39. The van der Waals surface area contributed by atoms with E-state index in [-0.39, 0.29) is 24.5 Å². The minimum Gasteiger partial charge on any atom is -0.507 e. The van der Waals surface area contributed by atoms with Crippen molar-refractivity contribution >= 4 is 28.2 Å². The maximum Gasteiger partial charge on any atom is 0.295 e. The molecule has 28 heavy (non-hydrogen) atoms. The molecule has 0 spiro atoms. The third-order valence-corrected chi connectivity index (χ3v) is 4.91. The summed E-state index contributed by atoms with van der Waals surface area (Å²) in [5, 5.41) is 12.9.